The summed E-state index contributed by atoms with van der Waals surface area (Å²) in [5.41, 5.74) is 2.31. The lowest BCUT2D eigenvalue weighted by Crippen LogP contribution is -2.44. The van der Waals surface area contributed by atoms with E-state index in [-0.39, 0.29) is 6.04 Å². The second-order valence-corrected chi connectivity index (χ2v) is 8.09. The van der Waals surface area contributed by atoms with Crippen molar-refractivity contribution in [2.45, 2.75) is 36.9 Å². The van der Waals surface area contributed by atoms with Gasteiger partial charge in [-0.25, -0.2) is 8.42 Å². The second-order valence-electron chi connectivity index (χ2n) is 6.09. The van der Waals surface area contributed by atoms with E-state index in [2.05, 4.69) is 17.3 Å². The van der Waals surface area contributed by atoms with Crippen LogP contribution in [0.5, 0.6) is 0 Å². The quantitative estimate of drug-likeness (QED) is 0.905. The predicted molar refractivity (Wildman–Crippen MR) is 82.5 cm³/mol. The largest absolute Gasteiger partial charge is 0.309 e. The van der Waals surface area contributed by atoms with Crippen molar-refractivity contribution in [2.24, 2.45) is 0 Å². The number of rotatable bonds is 3. The minimum absolute atomic E-state index is 0.109. The number of nitrogens with one attached hydrogen (secondary N) is 1. The normalized spacial score (nSPS) is 20.9. The van der Waals surface area contributed by atoms with Crippen LogP contribution in [0.1, 0.15) is 24.0 Å². The molecule has 0 amide bonds. The van der Waals surface area contributed by atoms with E-state index in [1.807, 2.05) is 12.1 Å². The Morgan fingerprint density at radius 2 is 1.86 bits per heavy atom. The van der Waals surface area contributed by atoms with E-state index in [1.54, 1.807) is 17.4 Å². The maximum atomic E-state index is 12.8. The first-order valence-electron chi connectivity index (χ1n) is 7.47. The highest BCUT2D eigenvalue weighted by atomic mass is 32.2. The number of likely N-dealkylation sites (tertiary alicyclic amines) is 1. The van der Waals surface area contributed by atoms with Crippen molar-refractivity contribution in [3.8, 4) is 0 Å². The molecule has 0 radical (unpaired) electrons. The Hall–Kier alpha value is -0.950. The van der Waals surface area contributed by atoms with E-state index >= 15 is 0 Å². The Bertz CT molecular complexity index is 622. The molecule has 0 bridgehead atoms. The zero-order chi connectivity index (χ0) is 15.0. The van der Waals surface area contributed by atoms with Crippen molar-refractivity contribution in [3.63, 3.8) is 0 Å². The van der Waals surface area contributed by atoms with E-state index in [4.69, 9.17) is 0 Å². The van der Waals surface area contributed by atoms with Gasteiger partial charge in [-0.2, -0.15) is 4.31 Å². The predicted octanol–water partition coefficient (Wildman–Crippen LogP) is 1.00. The zero-order valence-electron chi connectivity index (χ0n) is 12.7. The Labute approximate surface area is 127 Å². The monoisotopic (exact) mass is 309 g/mol. The first kappa shape index (κ1) is 15.0. The molecule has 2 aliphatic rings. The van der Waals surface area contributed by atoms with Crippen LogP contribution in [0.3, 0.4) is 0 Å². The summed E-state index contributed by atoms with van der Waals surface area (Å²) in [5, 5.41) is 3.25. The topological polar surface area (TPSA) is 52.7 Å². The fourth-order valence-corrected chi connectivity index (χ4v) is 4.62. The van der Waals surface area contributed by atoms with Crippen molar-refractivity contribution in [3.05, 3.63) is 29.3 Å². The van der Waals surface area contributed by atoms with Gasteiger partial charge in [0.1, 0.15) is 0 Å². The first-order chi connectivity index (χ1) is 9.98. The van der Waals surface area contributed by atoms with Gasteiger partial charge in [-0.3, -0.25) is 0 Å². The number of hydrogen-bond acceptors (Lipinski definition) is 4. The molecule has 3 rings (SSSR count). The molecule has 0 atom stereocenters. The lowest BCUT2D eigenvalue weighted by molar-refractivity contribution is 0.197. The molecule has 6 heteroatoms. The van der Waals surface area contributed by atoms with Crippen molar-refractivity contribution < 1.29 is 8.42 Å². The van der Waals surface area contributed by atoms with Crippen LogP contribution in [0.4, 0.5) is 0 Å². The summed E-state index contributed by atoms with van der Waals surface area (Å²) in [6, 6.07) is 5.62. The maximum Gasteiger partial charge on any atom is 0.243 e. The van der Waals surface area contributed by atoms with E-state index < -0.39 is 10.0 Å². The molecule has 5 nitrogen and oxygen atoms in total. The van der Waals surface area contributed by atoms with Crippen LogP contribution in [0.25, 0.3) is 0 Å². The minimum atomic E-state index is -3.39. The molecule has 0 saturated carbocycles. The first-order valence-corrected chi connectivity index (χ1v) is 8.91. The molecule has 1 aromatic rings. The average molecular weight is 309 g/mol. The van der Waals surface area contributed by atoms with E-state index in [9.17, 15) is 8.42 Å². The van der Waals surface area contributed by atoms with Crippen molar-refractivity contribution in [1.82, 2.24) is 14.5 Å². The molecule has 1 fully saturated rings. The summed E-state index contributed by atoms with van der Waals surface area (Å²) in [4.78, 5) is 2.67. The van der Waals surface area contributed by atoms with Gasteiger partial charge in [0.05, 0.1) is 4.90 Å². The van der Waals surface area contributed by atoms with Crippen LogP contribution in [0, 0.1) is 0 Å². The van der Waals surface area contributed by atoms with Crippen molar-refractivity contribution in [2.75, 3.05) is 27.2 Å². The number of sulfonamides is 1. The molecular formula is C15H23N3O2S. The molecule has 21 heavy (non-hydrogen) atoms. The Morgan fingerprint density at radius 3 is 2.57 bits per heavy atom. The van der Waals surface area contributed by atoms with Gasteiger partial charge >= 0.3 is 0 Å². The standard InChI is InChI=1S/C15H23N3O2S/c1-17-7-5-14(6-8-17)18(2)21(19,20)15-4-3-12-10-16-11-13(12)9-15/h3-4,9,14,16H,5-8,10-11H2,1-2H3. The average Bonchev–Trinajstić information content (AvgIpc) is 2.94. The summed E-state index contributed by atoms with van der Waals surface area (Å²) in [6.45, 7) is 3.51. The van der Waals surface area contributed by atoms with Gasteiger partial charge in [0.2, 0.25) is 10.0 Å². The Balaban J connectivity index is 1.82. The van der Waals surface area contributed by atoms with Gasteiger partial charge in [0, 0.05) is 26.2 Å². The molecule has 116 valence electrons. The van der Waals surface area contributed by atoms with Crippen LogP contribution in [-0.2, 0) is 23.1 Å². The molecule has 1 aromatic carbocycles. The third-order valence-electron chi connectivity index (χ3n) is 4.69. The van der Waals surface area contributed by atoms with E-state index in [0.717, 1.165) is 44.6 Å². The third kappa shape index (κ3) is 2.85. The van der Waals surface area contributed by atoms with Crippen LogP contribution >= 0.6 is 0 Å². The van der Waals surface area contributed by atoms with Gasteiger partial charge in [-0.05, 0) is 56.2 Å². The molecule has 0 spiro atoms. The van der Waals surface area contributed by atoms with Gasteiger partial charge in [0.15, 0.2) is 0 Å². The third-order valence-corrected chi connectivity index (χ3v) is 6.59. The van der Waals surface area contributed by atoms with Gasteiger partial charge in [-0.1, -0.05) is 6.07 Å². The van der Waals surface area contributed by atoms with Crippen molar-refractivity contribution in [1.29, 1.82) is 0 Å². The van der Waals surface area contributed by atoms with Crippen LogP contribution in [-0.4, -0.2) is 50.8 Å². The zero-order valence-corrected chi connectivity index (χ0v) is 13.5. The Kier molecular flexibility index (Phi) is 4.05. The Morgan fingerprint density at radius 1 is 1.19 bits per heavy atom. The van der Waals surface area contributed by atoms with Gasteiger partial charge in [0.25, 0.3) is 0 Å². The molecular weight excluding hydrogens is 286 g/mol. The van der Waals surface area contributed by atoms with Crippen LogP contribution < -0.4 is 5.32 Å². The molecule has 0 aliphatic carbocycles. The fraction of sp³-hybridized carbons (Fsp3) is 0.600. The summed E-state index contributed by atoms with van der Waals surface area (Å²) in [7, 11) is 0.410. The number of fused-ring (bicyclic) bond motifs is 1. The molecule has 1 N–H and O–H groups in total. The van der Waals surface area contributed by atoms with E-state index in [1.165, 1.54) is 5.56 Å². The number of piperidine rings is 1. The summed E-state index contributed by atoms with van der Waals surface area (Å²) in [6.07, 6.45) is 1.80. The lowest BCUT2D eigenvalue weighted by Gasteiger charge is -2.34. The highest BCUT2D eigenvalue weighted by molar-refractivity contribution is 7.89. The number of hydrogen-bond donors (Lipinski definition) is 1. The van der Waals surface area contributed by atoms with E-state index in [0.29, 0.717) is 4.90 Å². The van der Waals surface area contributed by atoms with Crippen LogP contribution in [0.15, 0.2) is 23.1 Å². The maximum absolute atomic E-state index is 12.8. The smallest absolute Gasteiger partial charge is 0.243 e. The van der Waals surface area contributed by atoms with Crippen molar-refractivity contribution >= 4 is 10.0 Å². The molecule has 0 unspecified atom stereocenters. The van der Waals surface area contributed by atoms with Crippen LogP contribution in [0.2, 0.25) is 0 Å². The summed E-state index contributed by atoms with van der Waals surface area (Å²) >= 11 is 0. The van der Waals surface area contributed by atoms with Gasteiger partial charge in [-0.15, -0.1) is 0 Å². The highest BCUT2D eigenvalue weighted by Crippen LogP contribution is 2.25. The number of nitrogens with zero attached hydrogens (tertiary/aromatic N) is 2. The number of benzene rings is 1. The highest BCUT2D eigenvalue weighted by Gasteiger charge is 2.30. The molecule has 2 aliphatic heterocycles. The fourth-order valence-electron chi connectivity index (χ4n) is 3.15. The minimum Gasteiger partial charge on any atom is -0.309 e. The van der Waals surface area contributed by atoms with Gasteiger partial charge < -0.3 is 10.2 Å². The lowest BCUT2D eigenvalue weighted by atomic mass is 10.1. The molecule has 0 aromatic heterocycles. The SMILES string of the molecule is CN1CCC(N(C)S(=O)(=O)c2ccc3c(c2)CNC3)CC1. The summed E-state index contributed by atoms with van der Waals surface area (Å²) < 4.78 is 27.2. The second kappa shape index (κ2) is 5.68. The molecule has 2 heterocycles. The summed E-state index contributed by atoms with van der Waals surface area (Å²) in [5.74, 6) is 0. The molecule has 1 saturated heterocycles.